The third-order valence-electron chi connectivity index (χ3n) is 4.94. The fourth-order valence-corrected chi connectivity index (χ4v) is 4.61. The number of anilines is 1. The van der Waals surface area contributed by atoms with Crippen molar-refractivity contribution in [2.75, 3.05) is 11.9 Å². The van der Waals surface area contributed by atoms with Gasteiger partial charge in [0.05, 0.1) is 23.3 Å². The van der Waals surface area contributed by atoms with Crippen molar-refractivity contribution in [3.63, 3.8) is 0 Å². The smallest absolute Gasteiger partial charge is 0.303 e. The number of furan rings is 1. The average molecular weight is 485 g/mol. The summed E-state index contributed by atoms with van der Waals surface area (Å²) in [5, 5.41) is 12.0. The first-order chi connectivity index (χ1) is 15.8. The number of aryl methyl sites for hydroxylation is 1. The molecule has 3 aromatic rings. The van der Waals surface area contributed by atoms with Gasteiger partial charge in [-0.1, -0.05) is 30.0 Å². The highest BCUT2D eigenvalue weighted by Gasteiger charge is 2.32. The van der Waals surface area contributed by atoms with Crippen molar-refractivity contribution < 1.29 is 19.1 Å². The fraction of sp³-hybridized carbons (Fsp3) is 0.227. The van der Waals surface area contributed by atoms with E-state index in [1.807, 2.05) is 13.0 Å². The number of nitrogens with one attached hydrogen (secondary N) is 1. The molecule has 1 fully saturated rings. The van der Waals surface area contributed by atoms with Crippen molar-refractivity contribution in [2.45, 2.75) is 26.3 Å². The topological polar surface area (TPSA) is 117 Å². The maximum absolute atomic E-state index is 13.3. The molecule has 0 atom stereocenters. The number of nitrogens with zero attached hydrogens (tertiary/aromatic N) is 3. The molecule has 1 aliphatic rings. The van der Waals surface area contributed by atoms with E-state index in [1.54, 1.807) is 30.7 Å². The van der Waals surface area contributed by atoms with Crippen molar-refractivity contribution in [1.29, 1.82) is 0 Å². The van der Waals surface area contributed by atoms with Gasteiger partial charge in [-0.2, -0.15) is 0 Å². The molecule has 11 heteroatoms. The average Bonchev–Trinajstić information content (AvgIpc) is 3.38. The summed E-state index contributed by atoms with van der Waals surface area (Å²) in [5.41, 5.74) is 1.24. The van der Waals surface area contributed by atoms with Gasteiger partial charge >= 0.3 is 5.97 Å². The van der Waals surface area contributed by atoms with Crippen LogP contribution in [0, 0.1) is 6.92 Å². The molecule has 4 heterocycles. The molecule has 2 N–H and O–H groups in total. The lowest BCUT2D eigenvalue weighted by atomic mass is 10.2. The Bertz CT molecular complexity index is 1330. The van der Waals surface area contributed by atoms with Gasteiger partial charge in [0.1, 0.15) is 21.5 Å². The molecule has 9 nitrogen and oxygen atoms in total. The minimum atomic E-state index is -0.936. The van der Waals surface area contributed by atoms with Gasteiger partial charge in [0.15, 0.2) is 0 Å². The molecule has 33 heavy (non-hydrogen) atoms. The molecule has 4 rings (SSSR count). The van der Waals surface area contributed by atoms with E-state index in [2.05, 4.69) is 10.3 Å². The van der Waals surface area contributed by atoms with Crippen LogP contribution in [0.2, 0.25) is 0 Å². The van der Waals surface area contributed by atoms with Crippen LogP contribution >= 0.6 is 24.0 Å². The summed E-state index contributed by atoms with van der Waals surface area (Å²) >= 11 is 6.38. The van der Waals surface area contributed by atoms with Crippen LogP contribution in [0.1, 0.15) is 29.7 Å². The largest absolute Gasteiger partial charge is 0.481 e. The van der Waals surface area contributed by atoms with Crippen LogP contribution in [0.4, 0.5) is 5.82 Å². The van der Waals surface area contributed by atoms with E-state index in [9.17, 15) is 14.4 Å². The molecule has 170 valence electrons. The van der Waals surface area contributed by atoms with Gasteiger partial charge in [-0.25, -0.2) is 4.98 Å². The first-order valence-corrected chi connectivity index (χ1v) is 11.3. The number of thiocarbonyl (C=S) groups is 1. The lowest BCUT2D eigenvalue weighted by Gasteiger charge is -2.13. The molecule has 0 saturated carbocycles. The zero-order valence-corrected chi connectivity index (χ0v) is 19.2. The molecular formula is C22H20N4O5S2. The van der Waals surface area contributed by atoms with Crippen molar-refractivity contribution >= 4 is 57.7 Å². The van der Waals surface area contributed by atoms with Crippen LogP contribution in [0.25, 0.3) is 11.7 Å². The number of amides is 1. The number of aromatic nitrogens is 2. The van der Waals surface area contributed by atoms with Crippen molar-refractivity contribution in [3.05, 3.63) is 68.9 Å². The molecule has 0 spiro atoms. The van der Waals surface area contributed by atoms with Crippen LogP contribution in [0.3, 0.4) is 0 Å². The zero-order valence-electron chi connectivity index (χ0n) is 17.6. The summed E-state index contributed by atoms with van der Waals surface area (Å²) in [6, 6.07) is 7.17. The normalized spacial score (nSPS) is 15.1. The SMILES string of the molecule is Cc1ccc2nc(NCc3ccco3)c(C=C3SC(=S)N(CCCC(=O)O)C3=O)c(=O)n2c1. The second-order valence-electron chi connectivity index (χ2n) is 7.38. The maximum atomic E-state index is 13.3. The van der Waals surface area contributed by atoms with Crippen molar-refractivity contribution in [2.24, 2.45) is 0 Å². The summed E-state index contributed by atoms with van der Waals surface area (Å²) < 4.78 is 7.11. The van der Waals surface area contributed by atoms with Gasteiger partial charge in [-0.3, -0.25) is 23.7 Å². The minimum Gasteiger partial charge on any atom is -0.481 e. The Morgan fingerprint density at radius 1 is 1.33 bits per heavy atom. The number of hydrogen-bond acceptors (Lipinski definition) is 8. The number of carbonyl (C=O) groups is 2. The Hall–Kier alpha value is -3.44. The van der Waals surface area contributed by atoms with Crippen LogP contribution in [-0.2, 0) is 16.1 Å². The van der Waals surface area contributed by atoms with Crippen molar-refractivity contribution in [1.82, 2.24) is 14.3 Å². The molecule has 0 bridgehead atoms. The molecule has 0 unspecified atom stereocenters. The van der Waals surface area contributed by atoms with Gasteiger partial charge in [0.25, 0.3) is 11.5 Å². The number of thioether (sulfide) groups is 1. The van der Waals surface area contributed by atoms with Gasteiger partial charge in [0, 0.05) is 19.2 Å². The number of pyridine rings is 1. The lowest BCUT2D eigenvalue weighted by Crippen LogP contribution is -2.29. The second kappa shape index (κ2) is 9.59. The van der Waals surface area contributed by atoms with Crippen LogP contribution in [0.5, 0.6) is 0 Å². The molecule has 1 saturated heterocycles. The van der Waals surface area contributed by atoms with Crippen LogP contribution in [-0.4, -0.2) is 42.1 Å². The standard InChI is InChI=1S/C22H20N4O5S2/c1-13-6-7-17-24-19(23-11-14-4-3-9-31-14)15(20(29)26(17)12-13)10-16-21(30)25(22(32)33-16)8-2-5-18(27)28/h3-4,6-7,9-10,12,23H,2,5,8,11H2,1H3,(H,27,28). The van der Waals surface area contributed by atoms with Gasteiger partial charge in [0.2, 0.25) is 0 Å². The van der Waals surface area contributed by atoms with Crippen molar-refractivity contribution in [3.8, 4) is 0 Å². The zero-order chi connectivity index (χ0) is 23.5. The highest BCUT2D eigenvalue weighted by Crippen LogP contribution is 2.33. The molecule has 0 radical (unpaired) electrons. The number of fused-ring (bicyclic) bond motifs is 1. The second-order valence-corrected chi connectivity index (χ2v) is 9.05. The van der Waals surface area contributed by atoms with Crippen LogP contribution < -0.4 is 10.9 Å². The Kier molecular flexibility index (Phi) is 6.61. The summed E-state index contributed by atoms with van der Waals surface area (Å²) in [6.45, 7) is 2.38. The Morgan fingerprint density at radius 3 is 2.88 bits per heavy atom. The summed E-state index contributed by atoms with van der Waals surface area (Å²) in [5.74, 6) is -0.317. The molecule has 0 aliphatic carbocycles. The van der Waals surface area contributed by atoms with E-state index in [0.29, 0.717) is 28.1 Å². The lowest BCUT2D eigenvalue weighted by molar-refractivity contribution is -0.137. The van der Waals surface area contributed by atoms with Crippen LogP contribution in [0.15, 0.2) is 50.8 Å². The highest BCUT2D eigenvalue weighted by atomic mass is 32.2. The van der Waals surface area contributed by atoms with E-state index in [1.165, 1.54) is 15.4 Å². The molecule has 0 aromatic carbocycles. The number of carboxylic acid groups (broad SMARTS) is 1. The molecule has 3 aromatic heterocycles. The predicted molar refractivity (Wildman–Crippen MR) is 129 cm³/mol. The number of aliphatic carboxylic acids is 1. The minimum absolute atomic E-state index is 0.0632. The quantitative estimate of drug-likeness (QED) is 0.367. The number of hydrogen-bond donors (Lipinski definition) is 2. The number of carbonyl (C=O) groups excluding carboxylic acids is 1. The van der Waals surface area contributed by atoms with E-state index in [-0.39, 0.29) is 41.3 Å². The van der Waals surface area contributed by atoms with E-state index >= 15 is 0 Å². The molecule has 1 amide bonds. The summed E-state index contributed by atoms with van der Waals surface area (Å²) in [6.07, 6.45) is 4.95. The highest BCUT2D eigenvalue weighted by molar-refractivity contribution is 8.26. The molecule has 1 aliphatic heterocycles. The first-order valence-electron chi connectivity index (χ1n) is 10.1. The Morgan fingerprint density at radius 2 is 2.15 bits per heavy atom. The Labute approximate surface area is 198 Å². The number of rotatable bonds is 8. The fourth-order valence-electron chi connectivity index (χ4n) is 3.32. The summed E-state index contributed by atoms with van der Waals surface area (Å²) in [7, 11) is 0. The maximum Gasteiger partial charge on any atom is 0.303 e. The van der Waals surface area contributed by atoms with E-state index < -0.39 is 5.97 Å². The first kappa shape index (κ1) is 22.7. The monoisotopic (exact) mass is 484 g/mol. The third-order valence-corrected chi connectivity index (χ3v) is 6.31. The summed E-state index contributed by atoms with van der Waals surface area (Å²) in [4.78, 5) is 43.3. The van der Waals surface area contributed by atoms with E-state index in [0.717, 1.165) is 17.3 Å². The third kappa shape index (κ3) is 4.99. The number of carboxylic acids is 1. The van der Waals surface area contributed by atoms with Gasteiger partial charge < -0.3 is 14.8 Å². The van der Waals surface area contributed by atoms with E-state index in [4.69, 9.17) is 21.7 Å². The van der Waals surface area contributed by atoms with Gasteiger partial charge in [-0.15, -0.1) is 0 Å². The predicted octanol–water partition coefficient (Wildman–Crippen LogP) is 3.27. The van der Waals surface area contributed by atoms with Gasteiger partial charge in [-0.05, 0) is 43.2 Å². The molecular weight excluding hydrogens is 464 g/mol. The Balaban J connectivity index is 1.71.